The summed E-state index contributed by atoms with van der Waals surface area (Å²) in [6.07, 6.45) is 3.36. The van der Waals surface area contributed by atoms with Gasteiger partial charge in [0.1, 0.15) is 6.33 Å². The number of benzene rings is 2. The Morgan fingerprint density at radius 2 is 2.00 bits per heavy atom. The van der Waals surface area contributed by atoms with Gasteiger partial charge in [-0.2, -0.15) is 5.10 Å². The van der Waals surface area contributed by atoms with E-state index in [1.807, 2.05) is 36.5 Å². The number of aromatic amines is 1. The predicted octanol–water partition coefficient (Wildman–Crippen LogP) is 3.52. The van der Waals surface area contributed by atoms with Gasteiger partial charge in [0.15, 0.2) is 0 Å². The van der Waals surface area contributed by atoms with E-state index in [0.29, 0.717) is 5.69 Å². The van der Waals surface area contributed by atoms with Crippen molar-refractivity contribution in [1.82, 2.24) is 19.7 Å². The third kappa shape index (κ3) is 2.67. The van der Waals surface area contributed by atoms with Crippen LogP contribution in [0.25, 0.3) is 22.0 Å². The number of amides is 1. The maximum Gasteiger partial charge on any atom is 0.293 e. The Morgan fingerprint density at radius 3 is 2.76 bits per heavy atom. The summed E-state index contributed by atoms with van der Waals surface area (Å²) in [5.41, 5.74) is 5.25. The van der Waals surface area contributed by atoms with Crippen LogP contribution in [0.3, 0.4) is 0 Å². The zero-order valence-corrected chi connectivity index (χ0v) is 13.9. The van der Waals surface area contributed by atoms with Crippen LogP contribution in [0.15, 0.2) is 55.0 Å². The van der Waals surface area contributed by atoms with Crippen LogP contribution in [0.5, 0.6) is 0 Å². The molecule has 0 aliphatic rings. The van der Waals surface area contributed by atoms with Crippen LogP contribution >= 0.6 is 0 Å². The molecule has 0 aliphatic carbocycles. The minimum absolute atomic E-state index is 0.271. The van der Waals surface area contributed by atoms with Gasteiger partial charge in [0, 0.05) is 35.4 Å². The molecule has 0 saturated carbocycles. The van der Waals surface area contributed by atoms with Gasteiger partial charge in [0.2, 0.25) is 5.82 Å². The maximum atomic E-state index is 12.3. The fourth-order valence-corrected chi connectivity index (χ4v) is 2.99. The van der Waals surface area contributed by atoms with E-state index in [4.69, 9.17) is 0 Å². The van der Waals surface area contributed by atoms with Crippen molar-refractivity contribution in [1.29, 1.82) is 0 Å². The molecule has 2 aromatic heterocycles. The third-order valence-corrected chi connectivity index (χ3v) is 4.29. The molecule has 1 amide bonds. The second-order valence-electron chi connectivity index (χ2n) is 5.94. The number of hydrogen-bond acceptors (Lipinski definition) is 3. The van der Waals surface area contributed by atoms with E-state index in [1.54, 1.807) is 7.05 Å². The number of rotatable bonds is 3. The fourth-order valence-electron chi connectivity index (χ4n) is 2.99. The molecule has 124 valence electrons. The number of anilines is 1. The van der Waals surface area contributed by atoms with Gasteiger partial charge in [0.25, 0.3) is 5.91 Å². The Kier molecular flexibility index (Phi) is 3.57. The normalized spacial score (nSPS) is 11.0. The van der Waals surface area contributed by atoms with Crippen molar-refractivity contribution < 1.29 is 4.79 Å². The first-order valence-corrected chi connectivity index (χ1v) is 7.96. The molecule has 2 aromatic carbocycles. The number of nitrogens with one attached hydrogen (secondary N) is 2. The zero-order valence-electron chi connectivity index (χ0n) is 13.9. The Morgan fingerprint density at radius 1 is 1.16 bits per heavy atom. The summed E-state index contributed by atoms with van der Waals surface area (Å²) in [6, 6.07) is 14.1. The van der Waals surface area contributed by atoms with Gasteiger partial charge in [-0.3, -0.25) is 4.79 Å². The first-order valence-electron chi connectivity index (χ1n) is 7.96. The highest BCUT2D eigenvalue weighted by molar-refractivity contribution is 6.04. The molecule has 0 radical (unpaired) electrons. The lowest BCUT2D eigenvalue weighted by Crippen LogP contribution is -2.17. The van der Waals surface area contributed by atoms with Crippen LogP contribution in [0.1, 0.15) is 16.2 Å². The molecule has 0 fully saturated rings. The highest BCUT2D eigenvalue weighted by Gasteiger charge is 2.13. The average Bonchev–Trinajstić information content (AvgIpc) is 3.21. The summed E-state index contributed by atoms with van der Waals surface area (Å²) in [6.45, 7) is 2.10. The van der Waals surface area contributed by atoms with Crippen molar-refractivity contribution in [3.8, 4) is 11.1 Å². The van der Waals surface area contributed by atoms with E-state index in [-0.39, 0.29) is 11.7 Å². The van der Waals surface area contributed by atoms with E-state index >= 15 is 0 Å². The standard InChI is InChI=1S/C19H17N5O/c1-12-5-3-4-6-14(12)16-10-20-17-9-13(7-8-15(16)17)23-19(25)18-21-11-22-24(18)2/h3-11,20H,1-2H3,(H,23,25). The number of aryl methyl sites for hydroxylation is 2. The summed E-state index contributed by atoms with van der Waals surface area (Å²) in [5.74, 6) is -0.0165. The molecule has 2 N–H and O–H groups in total. The molecule has 25 heavy (non-hydrogen) atoms. The van der Waals surface area contributed by atoms with E-state index < -0.39 is 0 Å². The highest BCUT2D eigenvalue weighted by atomic mass is 16.2. The molecular formula is C19H17N5O. The SMILES string of the molecule is Cc1ccccc1-c1c[nH]c2cc(NC(=O)c3ncnn3C)ccc12. The van der Waals surface area contributed by atoms with Crippen molar-refractivity contribution in [2.75, 3.05) is 5.32 Å². The molecule has 0 unspecified atom stereocenters. The summed E-state index contributed by atoms with van der Waals surface area (Å²) in [7, 11) is 1.69. The zero-order chi connectivity index (χ0) is 17.4. The Labute approximate surface area is 144 Å². The Balaban J connectivity index is 1.67. The molecule has 4 aromatic rings. The quantitative estimate of drug-likeness (QED) is 0.603. The van der Waals surface area contributed by atoms with Gasteiger partial charge < -0.3 is 10.3 Å². The van der Waals surface area contributed by atoms with Gasteiger partial charge in [-0.15, -0.1) is 0 Å². The lowest BCUT2D eigenvalue weighted by Gasteiger charge is -2.06. The summed E-state index contributed by atoms with van der Waals surface area (Å²) in [5, 5.41) is 7.89. The highest BCUT2D eigenvalue weighted by Crippen LogP contribution is 2.32. The largest absolute Gasteiger partial charge is 0.360 e. The Bertz CT molecular complexity index is 1080. The van der Waals surface area contributed by atoms with Crippen LogP contribution in [0.4, 0.5) is 5.69 Å². The second kappa shape index (κ2) is 5.90. The molecule has 0 saturated heterocycles. The summed E-state index contributed by atoms with van der Waals surface area (Å²) < 4.78 is 1.44. The van der Waals surface area contributed by atoms with Crippen molar-refractivity contribution >= 4 is 22.5 Å². The maximum absolute atomic E-state index is 12.3. The first-order chi connectivity index (χ1) is 12.1. The van der Waals surface area contributed by atoms with Crippen LogP contribution in [-0.2, 0) is 7.05 Å². The van der Waals surface area contributed by atoms with Gasteiger partial charge in [-0.1, -0.05) is 30.3 Å². The van der Waals surface area contributed by atoms with Crippen LogP contribution in [-0.4, -0.2) is 25.7 Å². The number of carbonyl (C=O) groups is 1. The van der Waals surface area contributed by atoms with Gasteiger partial charge in [-0.05, 0) is 30.2 Å². The molecule has 0 spiro atoms. The fraction of sp³-hybridized carbons (Fsp3) is 0.105. The van der Waals surface area contributed by atoms with E-state index in [9.17, 15) is 4.79 Å². The first kappa shape index (κ1) is 15.1. The molecule has 6 nitrogen and oxygen atoms in total. The van der Waals surface area contributed by atoms with Crippen molar-refractivity contribution in [2.24, 2.45) is 7.05 Å². The molecule has 0 bridgehead atoms. The van der Waals surface area contributed by atoms with E-state index in [0.717, 1.165) is 16.5 Å². The number of aromatic nitrogens is 4. The van der Waals surface area contributed by atoms with Gasteiger partial charge in [0.05, 0.1) is 0 Å². The minimum atomic E-state index is -0.287. The second-order valence-corrected chi connectivity index (χ2v) is 5.94. The number of H-pyrrole nitrogens is 1. The van der Waals surface area contributed by atoms with Crippen LogP contribution < -0.4 is 5.32 Å². The number of nitrogens with zero attached hydrogens (tertiary/aromatic N) is 3. The molecule has 6 heteroatoms. The third-order valence-electron chi connectivity index (χ3n) is 4.29. The lowest BCUT2D eigenvalue weighted by molar-refractivity contribution is 0.101. The van der Waals surface area contributed by atoms with E-state index in [1.165, 1.54) is 22.1 Å². The average molecular weight is 331 g/mol. The molecule has 2 heterocycles. The minimum Gasteiger partial charge on any atom is -0.360 e. The lowest BCUT2D eigenvalue weighted by atomic mass is 10.00. The summed E-state index contributed by atoms with van der Waals surface area (Å²) >= 11 is 0. The Hall–Kier alpha value is -3.41. The van der Waals surface area contributed by atoms with Crippen molar-refractivity contribution in [2.45, 2.75) is 6.92 Å². The summed E-state index contributed by atoms with van der Waals surface area (Å²) in [4.78, 5) is 19.5. The molecule has 0 aliphatic heterocycles. The van der Waals surface area contributed by atoms with E-state index in [2.05, 4.69) is 39.4 Å². The monoisotopic (exact) mass is 331 g/mol. The van der Waals surface area contributed by atoms with Crippen LogP contribution in [0.2, 0.25) is 0 Å². The predicted molar refractivity (Wildman–Crippen MR) is 97.4 cm³/mol. The topological polar surface area (TPSA) is 75.6 Å². The molecular weight excluding hydrogens is 314 g/mol. The number of fused-ring (bicyclic) bond motifs is 1. The molecule has 0 atom stereocenters. The number of hydrogen-bond donors (Lipinski definition) is 2. The molecule has 4 rings (SSSR count). The smallest absolute Gasteiger partial charge is 0.293 e. The van der Waals surface area contributed by atoms with Crippen molar-refractivity contribution in [3.05, 3.63) is 66.4 Å². The van der Waals surface area contributed by atoms with Crippen molar-refractivity contribution in [3.63, 3.8) is 0 Å². The van der Waals surface area contributed by atoms with Gasteiger partial charge >= 0.3 is 0 Å². The number of carbonyl (C=O) groups excluding carboxylic acids is 1. The van der Waals surface area contributed by atoms with Crippen LogP contribution in [0, 0.1) is 6.92 Å². The van der Waals surface area contributed by atoms with Gasteiger partial charge in [-0.25, -0.2) is 9.67 Å².